The van der Waals surface area contributed by atoms with Crippen LogP contribution in [-0.2, 0) is 0 Å². The molecule has 0 radical (unpaired) electrons. The second-order valence-corrected chi connectivity index (χ2v) is 5.13. The van der Waals surface area contributed by atoms with Crippen LogP contribution in [-0.4, -0.2) is 34.9 Å². The minimum Gasteiger partial charge on any atom is -0.467 e. The highest BCUT2D eigenvalue weighted by Crippen LogP contribution is 2.30. The number of hydrogen-bond donors (Lipinski definition) is 1. The van der Waals surface area contributed by atoms with E-state index in [2.05, 4.69) is 20.3 Å². The zero-order valence-electron chi connectivity index (χ0n) is 10.3. The maximum atomic E-state index is 5.05. The van der Waals surface area contributed by atoms with Gasteiger partial charge < -0.3 is 10.1 Å². The van der Waals surface area contributed by atoms with Crippen LogP contribution in [0.15, 0.2) is 5.16 Å². The van der Waals surface area contributed by atoms with E-state index in [0.29, 0.717) is 12.0 Å². The molecule has 0 atom stereocenters. The first-order chi connectivity index (χ1) is 8.31. The lowest BCUT2D eigenvalue weighted by Crippen LogP contribution is -2.04. The summed E-state index contributed by atoms with van der Waals surface area (Å²) in [6.07, 6.45) is 5.42. The van der Waals surface area contributed by atoms with Crippen molar-refractivity contribution in [2.75, 3.05) is 25.2 Å². The molecular weight excluding hydrogens is 236 g/mol. The molecule has 94 valence electrons. The van der Waals surface area contributed by atoms with Gasteiger partial charge in [0.25, 0.3) is 0 Å². The Balaban J connectivity index is 1.98. The smallest absolute Gasteiger partial charge is 0.321 e. The number of anilines is 1. The number of methoxy groups -OCH3 is 1. The van der Waals surface area contributed by atoms with Crippen molar-refractivity contribution < 1.29 is 4.74 Å². The van der Waals surface area contributed by atoms with E-state index in [1.54, 1.807) is 25.9 Å². The number of hydrogen-bond acceptors (Lipinski definition) is 6. The lowest BCUT2D eigenvalue weighted by atomic mass is 10.1. The third-order valence-corrected chi connectivity index (χ3v) is 4.00. The molecule has 0 aromatic carbocycles. The van der Waals surface area contributed by atoms with E-state index in [1.807, 2.05) is 0 Å². The molecule has 0 amide bonds. The molecule has 1 N–H and O–H groups in total. The van der Waals surface area contributed by atoms with Gasteiger partial charge in [0.1, 0.15) is 0 Å². The Hall–Kier alpha value is -1.04. The molecule has 1 aromatic rings. The Morgan fingerprint density at radius 3 is 2.71 bits per heavy atom. The topological polar surface area (TPSA) is 59.9 Å². The van der Waals surface area contributed by atoms with E-state index in [0.717, 1.165) is 16.8 Å². The van der Waals surface area contributed by atoms with Gasteiger partial charge in [-0.25, -0.2) is 0 Å². The number of nitrogens with one attached hydrogen (secondary N) is 1. The van der Waals surface area contributed by atoms with Crippen LogP contribution in [0.25, 0.3) is 0 Å². The van der Waals surface area contributed by atoms with Crippen LogP contribution in [0.3, 0.4) is 0 Å². The van der Waals surface area contributed by atoms with Crippen molar-refractivity contribution in [2.45, 2.75) is 30.8 Å². The molecule has 1 aromatic heterocycles. The van der Waals surface area contributed by atoms with E-state index >= 15 is 0 Å². The van der Waals surface area contributed by atoms with Crippen molar-refractivity contribution in [3.05, 3.63) is 0 Å². The van der Waals surface area contributed by atoms with E-state index in [1.165, 1.54) is 25.7 Å². The van der Waals surface area contributed by atoms with Crippen molar-refractivity contribution in [3.8, 4) is 6.01 Å². The van der Waals surface area contributed by atoms with Crippen molar-refractivity contribution in [2.24, 2.45) is 5.92 Å². The number of ether oxygens (including phenoxy) is 1. The van der Waals surface area contributed by atoms with Gasteiger partial charge >= 0.3 is 6.01 Å². The summed E-state index contributed by atoms with van der Waals surface area (Å²) in [5.74, 6) is 2.47. The fourth-order valence-corrected chi connectivity index (χ4v) is 2.99. The largest absolute Gasteiger partial charge is 0.467 e. The van der Waals surface area contributed by atoms with Crippen molar-refractivity contribution in [1.82, 2.24) is 15.0 Å². The lowest BCUT2D eigenvalue weighted by Gasteiger charge is -2.08. The molecule has 0 saturated heterocycles. The minimum absolute atomic E-state index is 0.373. The van der Waals surface area contributed by atoms with Gasteiger partial charge in [0, 0.05) is 12.8 Å². The Bertz CT molecular complexity index is 346. The molecule has 5 nitrogen and oxygen atoms in total. The van der Waals surface area contributed by atoms with Gasteiger partial charge in [-0.15, -0.1) is 0 Å². The van der Waals surface area contributed by atoms with Crippen LogP contribution in [0.1, 0.15) is 25.7 Å². The highest BCUT2D eigenvalue weighted by molar-refractivity contribution is 7.99. The van der Waals surface area contributed by atoms with E-state index in [4.69, 9.17) is 4.74 Å². The summed E-state index contributed by atoms with van der Waals surface area (Å²) < 4.78 is 5.05. The van der Waals surface area contributed by atoms with Crippen LogP contribution >= 0.6 is 11.8 Å². The molecule has 0 bridgehead atoms. The molecule has 17 heavy (non-hydrogen) atoms. The molecule has 2 rings (SSSR count). The first-order valence-electron chi connectivity index (χ1n) is 5.92. The Morgan fingerprint density at radius 1 is 1.29 bits per heavy atom. The molecular formula is C11H18N4OS. The molecule has 1 saturated carbocycles. The van der Waals surface area contributed by atoms with Crippen molar-refractivity contribution in [1.29, 1.82) is 0 Å². The number of nitrogens with zero attached hydrogens (tertiary/aromatic N) is 3. The number of thioether (sulfide) groups is 1. The minimum atomic E-state index is 0.373. The summed E-state index contributed by atoms with van der Waals surface area (Å²) in [5, 5.41) is 3.66. The normalized spacial score (nSPS) is 16.1. The summed E-state index contributed by atoms with van der Waals surface area (Å²) in [7, 11) is 3.36. The monoisotopic (exact) mass is 254 g/mol. The highest BCUT2D eigenvalue weighted by atomic mass is 32.2. The van der Waals surface area contributed by atoms with Gasteiger partial charge in [0.15, 0.2) is 5.16 Å². The first-order valence-corrected chi connectivity index (χ1v) is 6.91. The zero-order valence-corrected chi connectivity index (χ0v) is 11.1. The Labute approximate surface area is 106 Å². The molecule has 1 aliphatic carbocycles. The van der Waals surface area contributed by atoms with Gasteiger partial charge in [-0.05, 0) is 18.8 Å². The van der Waals surface area contributed by atoms with Crippen LogP contribution in [0.2, 0.25) is 0 Å². The van der Waals surface area contributed by atoms with Gasteiger partial charge in [-0.2, -0.15) is 15.0 Å². The maximum absolute atomic E-state index is 5.05. The van der Waals surface area contributed by atoms with Crippen molar-refractivity contribution in [3.63, 3.8) is 0 Å². The second kappa shape index (κ2) is 6.05. The zero-order chi connectivity index (χ0) is 12.1. The Morgan fingerprint density at radius 2 is 2.06 bits per heavy atom. The maximum Gasteiger partial charge on any atom is 0.321 e. The third-order valence-electron chi connectivity index (χ3n) is 2.92. The number of rotatable bonds is 5. The van der Waals surface area contributed by atoms with Gasteiger partial charge in [0.2, 0.25) is 5.95 Å². The Kier molecular flexibility index (Phi) is 4.42. The summed E-state index contributed by atoms with van der Waals surface area (Å²) in [5.41, 5.74) is 0. The third kappa shape index (κ3) is 3.46. The molecule has 1 heterocycles. The predicted octanol–water partition coefficient (Wildman–Crippen LogP) is 2.20. The highest BCUT2D eigenvalue weighted by Gasteiger charge is 2.16. The predicted molar refractivity (Wildman–Crippen MR) is 68.6 cm³/mol. The SMILES string of the molecule is CNc1nc(OC)nc(SCC2CCCC2)n1. The van der Waals surface area contributed by atoms with Crippen LogP contribution in [0.4, 0.5) is 5.95 Å². The summed E-state index contributed by atoms with van der Waals surface area (Å²) >= 11 is 1.69. The second-order valence-electron chi connectivity index (χ2n) is 4.14. The summed E-state index contributed by atoms with van der Waals surface area (Å²) in [6.45, 7) is 0. The fourth-order valence-electron chi connectivity index (χ4n) is 1.98. The van der Waals surface area contributed by atoms with Gasteiger partial charge in [-0.1, -0.05) is 24.6 Å². The van der Waals surface area contributed by atoms with E-state index in [-0.39, 0.29) is 0 Å². The molecule has 1 aliphatic rings. The average Bonchev–Trinajstić information content (AvgIpc) is 2.89. The average molecular weight is 254 g/mol. The van der Waals surface area contributed by atoms with E-state index < -0.39 is 0 Å². The van der Waals surface area contributed by atoms with Crippen molar-refractivity contribution >= 4 is 17.7 Å². The lowest BCUT2D eigenvalue weighted by molar-refractivity contribution is 0.373. The van der Waals surface area contributed by atoms with Gasteiger partial charge in [0.05, 0.1) is 7.11 Å². The first kappa shape index (κ1) is 12.4. The van der Waals surface area contributed by atoms with Crippen LogP contribution < -0.4 is 10.1 Å². The molecule has 0 unspecified atom stereocenters. The summed E-state index contributed by atoms with van der Waals surface area (Å²) in [6, 6.07) is 0.373. The number of aromatic nitrogens is 3. The van der Waals surface area contributed by atoms with Crippen LogP contribution in [0.5, 0.6) is 6.01 Å². The summed E-state index contributed by atoms with van der Waals surface area (Å²) in [4.78, 5) is 12.6. The molecule has 0 aliphatic heterocycles. The van der Waals surface area contributed by atoms with Gasteiger partial charge in [-0.3, -0.25) is 0 Å². The standard InChI is InChI=1S/C11H18N4OS/c1-12-9-13-10(16-2)15-11(14-9)17-7-8-5-3-4-6-8/h8H,3-7H2,1-2H3,(H,12,13,14,15). The molecule has 6 heteroatoms. The molecule has 0 spiro atoms. The molecule has 1 fully saturated rings. The quantitative estimate of drug-likeness (QED) is 0.813. The van der Waals surface area contributed by atoms with Crippen LogP contribution in [0, 0.1) is 5.92 Å². The van der Waals surface area contributed by atoms with E-state index in [9.17, 15) is 0 Å². The fraction of sp³-hybridized carbons (Fsp3) is 0.727.